The summed E-state index contributed by atoms with van der Waals surface area (Å²) in [5.41, 5.74) is 3.11. The molecule has 0 bridgehead atoms. The van der Waals surface area contributed by atoms with Gasteiger partial charge in [-0.1, -0.05) is 48.0 Å². The van der Waals surface area contributed by atoms with E-state index in [4.69, 9.17) is 4.74 Å². The molecule has 1 aliphatic rings. The molecule has 0 aromatic heterocycles. The van der Waals surface area contributed by atoms with Crippen LogP contribution in [-0.2, 0) is 12.8 Å². The molecule has 0 amide bonds. The first-order valence-electron chi connectivity index (χ1n) is 6.88. The van der Waals surface area contributed by atoms with Gasteiger partial charge in [0.15, 0.2) is 0 Å². The molecule has 0 fully saturated rings. The van der Waals surface area contributed by atoms with Crippen LogP contribution in [0.15, 0.2) is 48.5 Å². The van der Waals surface area contributed by atoms with Crippen LogP contribution < -0.4 is 4.74 Å². The Hall–Kier alpha value is -2.27. The summed E-state index contributed by atoms with van der Waals surface area (Å²) in [7, 11) is 0. The quantitative estimate of drug-likeness (QED) is 0.828. The molecule has 0 saturated heterocycles. The van der Waals surface area contributed by atoms with Crippen molar-refractivity contribution in [1.29, 1.82) is 5.26 Å². The molecule has 1 heterocycles. The van der Waals surface area contributed by atoms with E-state index in [0.717, 1.165) is 24.2 Å². The average molecular weight is 263 g/mol. The van der Waals surface area contributed by atoms with Crippen molar-refractivity contribution < 1.29 is 4.74 Å². The molecule has 2 nitrogen and oxygen atoms in total. The zero-order valence-corrected chi connectivity index (χ0v) is 11.6. The van der Waals surface area contributed by atoms with Gasteiger partial charge in [-0.25, -0.2) is 0 Å². The van der Waals surface area contributed by atoms with Gasteiger partial charge < -0.3 is 4.74 Å². The Labute approximate surface area is 119 Å². The third kappa shape index (κ3) is 2.40. The number of hydrogen-bond acceptors (Lipinski definition) is 2. The number of hydrogen-bond donors (Lipinski definition) is 0. The molecule has 0 radical (unpaired) electrons. The Balaban J connectivity index is 1.87. The van der Waals surface area contributed by atoms with E-state index < -0.39 is 5.41 Å². The van der Waals surface area contributed by atoms with Gasteiger partial charge in [0, 0.05) is 0 Å². The maximum absolute atomic E-state index is 9.65. The van der Waals surface area contributed by atoms with E-state index in [1.807, 2.05) is 18.2 Å². The van der Waals surface area contributed by atoms with Crippen molar-refractivity contribution in [3.05, 3.63) is 65.2 Å². The van der Waals surface area contributed by atoms with Gasteiger partial charge in [-0.2, -0.15) is 5.26 Å². The molecule has 2 aromatic rings. The molecule has 2 aromatic carbocycles. The Morgan fingerprint density at radius 1 is 1.15 bits per heavy atom. The molecule has 20 heavy (non-hydrogen) atoms. The van der Waals surface area contributed by atoms with Gasteiger partial charge in [0.2, 0.25) is 0 Å². The lowest BCUT2D eigenvalue weighted by Crippen LogP contribution is -2.35. The minimum absolute atomic E-state index is 0.455. The number of nitriles is 1. The minimum atomic E-state index is -0.455. The number of fused-ring (bicyclic) bond motifs is 1. The Kier molecular flexibility index (Phi) is 3.20. The standard InChI is InChI=1S/C18H17NO/c1-14-6-8-15(9-7-14)10-18(12-19)11-16-4-2-3-5-17(16)20-13-18/h2-9H,10-11,13H2,1H3. The highest BCUT2D eigenvalue weighted by atomic mass is 16.5. The summed E-state index contributed by atoms with van der Waals surface area (Å²) in [4.78, 5) is 0. The predicted octanol–water partition coefficient (Wildman–Crippen LogP) is 3.68. The zero-order valence-electron chi connectivity index (χ0n) is 11.6. The second-order valence-corrected chi connectivity index (χ2v) is 5.63. The summed E-state index contributed by atoms with van der Waals surface area (Å²) in [6.45, 7) is 2.54. The van der Waals surface area contributed by atoms with Gasteiger partial charge in [0.1, 0.15) is 12.4 Å². The van der Waals surface area contributed by atoms with Crippen molar-refractivity contribution in [2.75, 3.05) is 6.61 Å². The van der Waals surface area contributed by atoms with Crippen molar-refractivity contribution in [1.82, 2.24) is 0 Å². The molecule has 0 N–H and O–H groups in total. The zero-order chi connectivity index (χ0) is 14.0. The van der Waals surface area contributed by atoms with Crippen molar-refractivity contribution in [3.63, 3.8) is 0 Å². The Morgan fingerprint density at radius 2 is 1.90 bits per heavy atom. The molecule has 1 aliphatic heterocycles. The fraction of sp³-hybridized carbons (Fsp3) is 0.278. The highest BCUT2D eigenvalue weighted by Gasteiger charge is 2.36. The van der Waals surface area contributed by atoms with Crippen LogP contribution in [0.1, 0.15) is 16.7 Å². The summed E-state index contributed by atoms with van der Waals surface area (Å²) in [5, 5.41) is 9.65. The van der Waals surface area contributed by atoms with Gasteiger partial charge in [-0.3, -0.25) is 0 Å². The van der Waals surface area contributed by atoms with Gasteiger partial charge >= 0.3 is 0 Å². The average Bonchev–Trinajstić information content (AvgIpc) is 2.49. The Bertz CT molecular complexity index is 654. The van der Waals surface area contributed by atoms with Gasteiger partial charge in [-0.15, -0.1) is 0 Å². The summed E-state index contributed by atoms with van der Waals surface area (Å²) in [6.07, 6.45) is 1.49. The third-order valence-corrected chi connectivity index (χ3v) is 3.91. The molecule has 2 heteroatoms. The smallest absolute Gasteiger partial charge is 0.122 e. The molecule has 3 rings (SSSR count). The fourth-order valence-electron chi connectivity index (χ4n) is 2.74. The van der Waals surface area contributed by atoms with Crippen LogP contribution in [-0.4, -0.2) is 6.61 Å². The second kappa shape index (κ2) is 5.02. The van der Waals surface area contributed by atoms with E-state index in [0.29, 0.717) is 6.61 Å². The number of benzene rings is 2. The van der Waals surface area contributed by atoms with E-state index >= 15 is 0 Å². The number of ether oxygens (including phenoxy) is 1. The first kappa shape index (κ1) is 12.7. The van der Waals surface area contributed by atoms with Crippen LogP contribution in [0, 0.1) is 23.7 Å². The molecule has 100 valence electrons. The number of nitrogens with zero attached hydrogens (tertiary/aromatic N) is 1. The monoisotopic (exact) mass is 263 g/mol. The first-order chi connectivity index (χ1) is 9.71. The molecule has 0 saturated carbocycles. The van der Waals surface area contributed by atoms with Crippen molar-refractivity contribution in [2.24, 2.45) is 5.41 Å². The maximum Gasteiger partial charge on any atom is 0.122 e. The van der Waals surface area contributed by atoms with E-state index in [1.165, 1.54) is 11.1 Å². The van der Waals surface area contributed by atoms with Crippen molar-refractivity contribution in [2.45, 2.75) is 19.8 Å². The van der Waals surface area contributed by atoms with Crippen LogP contribution in [0.4, 0.5) is 0 Å². The van der Waals surface area contributed by atoms with E-state index in [1.54, 1.807) is 0 Å². The topological polar surface area (TPSA) is 33.0 Å². The number of para-hydroxylation sites is 1. The van der Waals surface area contributed by atoms with E-state index in [9.17, 15) is 5.26 Å². The van der Waals surface area contributed by atoms with Gasteiger partial charge in [-0.05, 0) is 37.0 Å². The van der Waals surface area contributed by atoms with Crippen LogP contribution in [0.25, 0.3) is 0 Å². The van der Waals surface area contributed by atoms with Crippen LogP contribution >= 0.6 is 0 Å². The van der Waals surface area contributed by atoms with Crippen molar-refractivity contribution >= 4 is 0 Å². The summed E-state index contributed by atoms with van der Waals surface area (Å²) in [6, 6.07) is 18.9. The third-order valence-electron chi connectivity index (χ3n) is 3.91. The maximum atomic E-state index is 9.65. The van der Waals surface area contributed by atoms with Gasteiger partial charge in [0.25, 0.3) is 0 Å². The van der Waals surface area contributed by atoms with Crippen molar-refractivity contribution in [3.8, 4) is 11.8 Å². The molecular weight excluding hydrogens is 246 g/mol. The summed E-state index contributed by atoms with van der Waals surface area (Å²) in [5.74, 6) is 0.919. The second-order valence-electron chi connectivity index (χ2n) is 5.63. The SMILES string of the molecule is Cc1ccc(CC2(C#N)COc3ccccc3C2)cc1. The van der Waals surface area contributed by atoms with Crippen LogP contribution in [0.2, 0.25) is 0 Å². The fourth-order valence-corrected chi connectivity index (χ4v) is 2.74. The lowest BCUT2D eigenvalue weighted by molar-refractivity contribution is 0.169. The molecule has 1 unspecified atom stereocenters. The number of aryl methyl sites for hydroxylation is 1. The molecule has 1 atom stereocenters. The number of rotatable bonds is 2. The largest absolute Gasteiger partial charge is 0.492 e. The highest BCUT2D eigenvalue weighted by molar-refractivity contribution is 5.38. The summed E-state index contributed by atoms with van der Waals surface area (Å²) < 4.78 is 5.80. The lowest BCUT2D eigenvalue weighted by Gasteiger charge is -2.32. The normalized spacial score (nSPS) is 20.6. The van der Waals surface area contributed by atoms with E-state index in [2.05, 4.69) is 43.3 Å². The molecule has 0 aliphatic carbocycles. The van der Waals surface area contributed by atoms with Crippen LogP contribution in [0.3, 0.4) is 0 Å². The predicted molar refractivity (Wildman–Crippen MR) is 78.6 cm³/mol. The van der Waals surface area contributed by atoms with Gasteiger partial charge in [0.05, 0.1) is 11.5 Å². The highest BCUT2D eigenvalue weighted by Crippen LogP contribution is 2.36. The van der Waals surface area contributed by atoms with E-state index in [-0.39, 0.29) is 0 Å². The molecule has 0 spiro atoms. The molecular formula is C18H17NO. The van der Waals surface area contributed by atoms with Crippen LogP contribution in [0.5, 0.6) is 5.75 Å². The first-order valence-corrected chi connectivity index (χ1v) is 6.88. The lowest BCUT2D eigenvalue weighted by atomic mass is 9.77. The Morgan fingerprint density at radius 3 is 2.65 bits per heavy atom. The minimum Gasteiger partial charge on any atom is -0.492 e. The summed E-state index contributed by atoms with van der Waals surface area (Å²) >= 11 is 0.